The summed E-state index contributed by atoms with van der Waals surface area (Å²) >= 11 is 0. The van der Waals surface area contributed by atoms with Crippen molar-refractivity contribution in [1.82, 2.24) is 0 Å². The maximum absolute atomic E-state index is 11.0. The fraction of sp³-hybridized carbons (Fsp3) is 0.208. The van der Waals surface area contributed by atoms with E-state index in [0.717, 1.165) is 19.3 Å². The Hall–Kier alpha value is -3.07. The third-order valence-corrected chi connectivity index (χ3v) is 5.20. The molecule has 1 aliphatic carbocycles. The Labute approximate surface area is 159 Å². The van der Waals surface area contributed by atoms with Gasteiger partial charge in [0.15, 0.2) is 0 Å². The van der Waals surface area contributed by atoms with Crippen molar-refractivity contribution in [2.45, 2.75) is 25.2 Å². The lowest BCUT2D eigenvalue weighted by atomic mass is 9.92. The van der Waals surface area contributed by atoms with Crippen LogP contribution in [0.1, 0.15) is 46.7 Å². The number of benzene rings is 3. The molecule has 1 N–H and O–H groups in total. The first-order valence-corrected chi connectivity index (χ1v) is 9.38. The average molecular weight is 358 g/mol. The summed E-state index contributed by atoms with van der Waals surface area (Å²) in [7, 11) is 0. The van der Waals surface area contributed by atoms with E-state index in [1.807, 2.05) is 0 Å². The number of hydrogen-bond donors (Lipinski definition) is 1. The SMILES string of the molecule is O=C(O)c1cccc(OCCCCC2c3ccccc3-c3ccccc32)c1. The topological polar surface area (TPSA) is 46.5 Å². The van der Waals surface area contributed by atoms with Crippen molar-refractivity contribution >= 4 is 5.97 Å². The summed E-state index contributed by atoms with van der Waals surface area (Å²) in [6.07, 6.45) is 3.09. The first kappa shape index (κ1) is 17.3. The van der Waals surface area contributed by atoms with Crippen molar-refractivity contribution < 1.29 is 14.6 Å². The van der Waals surface area contributed by atoms with Gasteiger partial charge >= 0.3 is 5.97 Å². The third-order valence-electron chi connectivity index (χ3n) is 5.20. The standard InChI is InChI=1S/C24H22O3/c25-24(26)17-8-7-9-18(16-17)27-15-6-5-14-23-21-12-3-1-10-19(21)20-11-2-4-13-22(20)23/h1-4,7-13,16,23H,5-6,14-15H2,(H,25,26). The van der Waals surface area contributed by atoms with Crippen LogP contribution in [0.15, 0.2) is 72.8 Å². The van der Waals surface area contributed by atoms with Gasteiger partial charge in [-0.15, -0.1) is 0 Å². The van der Waals surface area contributed by atoms with E-state index < -0.39 is 5.97 Å². The quantitative estimate of drug-likeness (QED) is 0.547. The molecule has 3 nitrogen and oxygen atoms in total. The molecule has 3 aromatic carbocycles. The van der Waals surface area contributed by atoms with E-state index in [9.17, 15) is 4.79 Å². The van der Waals surface area contributed by atoms with E-state index in [2.05, 4.69) is 48.5 Å². The molecule has 3 heteroatoms. The zero-order valence-corrected chi connectivity index (χ0v) is 15.1. The number of carboxylic acids is 1. The van der Waals surface area contributed by atoms with E-state index >= 15 is 0 Å². The number of carbonyl (C=O) groups is 1. The summed E-state index contributed by atoms with van der Waals surface area (Å²) in [4.78, 5) is 11.0. The third kappa shape index (κ3) is 3.59. The lowest BCUT2D eigenvalue weighted by Gasteiger charge is -2.14. The minimum absolute atomic E-state index is 0.256. The number of hydrogen-bond acceptors (Lipinski definition) is 2. The molecule has 0 bridgehead atoms. The Morgan fingerprint density at radius 1 is 0.852 bits per heavy atom. The van der Waals surface area contributed by atoms with Crippen molar-refractivity contribution in [2.75, 3.05) is 6.61 Å². The van der Waals surface area contributed by atoms with Crippen molar-refractivity contribution in [1.29, 1.82) is 0 Å². The molecule has 0 aliphatic heterocycles. The van der Waals surface area contributed by atoms with E-state index in [-0.39, 0.29) is 5.56 Å². The maximum atomic E-state index is 11.0. The molecule has 4 rings (SSSR count). The predicted octanol–water partition coefficient (Wildman–Crippen LogP) is 5.75. The summed E-state index contributed by atoms with van der Waals surface area (Å²) in [5.41, 5.74) is 5.83. The number of rotatable bonds is 7. The highest BCUT2D eigenvalue weighted by atomic mass is 16.5. The van der Waals surface area contributed by atoms with Gasteiger partial charge in [-0.25, -0.2) is 4.79 Å². The monoisotopic (exact) mass is 358 g/mol. The van der Waals surface area contributed by atoms with Gasteiger partial charge in [0.2, 0.25) is 0 Å². The van der Waals surface area contributed by atoms with Gasteiger partial charge in [0.05, 0.1) is 12.2 Å². The number of unbranched alkanes of at least 4 members (excludes halogenated alkanes) is 1. The Morgan fingerprint density at radius 3 is 2.19 bits per heavy atom. The number of aromatic carboxylic acids is 1. The molecule has 0 saturated heterocycles. The van der Waals surface area contributed by atoms with Crippen LogP contribution in [0.4, 0.5) is 0 Å². The van der Waals surface area contributed by atoms with E-state index in [1.54, 1.807) is 24.3 Å². The Balaban J connectivity index is 1.35. The summed E-state index contributed by atoms with van der Waals surface area (Å²) in [5.74, 6) is 0.137. The fourth-order valence-electron chi connectivity index (χ4n) is 3.93. The molecule has 0 aromatic heterocycles. The molecule has 0 atom stereocenters. The summed E-state index contributed by atoms with van der Waals surface area (Å²) < 4.78 is 5.74. The molecule has 0 amide bonds. The number of ether oxygens (including phenoxy) is 1. The highest BCUT2D eigenvalue weighted by Gasteiger charge is 2.27. The summed E-state index contributed by atoms with van der Waals surface area (Å²) in [5, 5.41) is 9.04. The minimum atomic E-state index is -0.931. The van der Waals surface area contributed by atoms with Crippen molar-refractivity contribution in [3.05, 3.63) is 89.5 Å². The van der Waals surface area contributed by atoms with Gasteiger partial charge in [0.25, 0.3) is 0 Å². The Bertz CT molecular complexity index is 916. The maximum Gasteiger partial charge on any atom is 0.335 e. The Kier molecular flexibility index (Phi) is 4.93. The Morgan fingerprint density at radius 2 is 1.52 bits per heavy atom. The van der Waals surface area contributed by atoms with E-state index in [1.165, 1.54) is 22.3 Å². The lowest BCUT2D eigenvalue weighted by molar-refractivity contribution is 0.0696. The average Bonchev–Trinajstić information content (AvgIpc) is 3.02. The normalized spacial score (nSPS) is 12.4. The number of fused-ring (bicyclic) bond motifs is 3. The van der Waals surface area contributed by atoms with Gasteiger partial charge in [0.1, 0.15) is 5.75 Å². The summed E-state index contributed by atoms with van der Waals surface area (Å²) in [6.45, 7) is 0.596. The lowest BCUT2D eigenvalue weighted by Crippen LogP contribution is -2.02. The van der Waals surface area contributed by atoms with Crippen LogP contribution in [-0.4, -0.2) is 17.7 Å². The predicted molar refractivity (Wildman–Crippen MR) is 106 cm³/mol. The van der Waals surface area contributed by atoms with Crippen molar-refractivity contribution in [2.24, 2.45) is 0 Å². The molecule has 0 unspecified atom stereocenters. The van der Waals surface area contributed by atoms with Crippen LogP contribution in [0.25, 0.3) is 11.1 Å². The van der Waals surface area contributed by atoms with Crippen LogP contribution in [0.3, 0.4) is 0 Å². The first-order valence-electron chi connectivity index (χ1n) is 9.38. The van der Waals surface area contributed by atoms with Crippen LogP contribution in [0.2, 0.25) is 0 Å². The highest BCUT2D eigenvalue weighted by Crippen LogP contribution is 2.46. The van der Waals surface area contributed by atoms with Gasteiger partial charge in [0, 0.05) is 5.92 Å². The second kappa shape index (κ2) is 7.67. The molecule has 0 spiro atoms. The molecule has 3 aromatic rings. The molecular weight excluding hydrogens is 336 g/mol. The molecule has 0 saturated carbocycles. The van der Waals surface area contributed by atoms with Crippen molar-refractivity contribution in [3.8, 4) is 16.9 Å². The van der Waals surface area contributed by atoms with Crippen LogP contribution >= 0.6 is 0 Å². The molecule has 27 heavy (non-hydrogen) atoms. The minimum Gasteiger partial charge on any atom is -0.494 e. The summed E-state index contributed by atoms with van der Waals surface area (Å²) in [6, 6.07) is 24.0. The second-order valence-electron chi connectivity index (χ2n) is 6.90. The zero-order chi connectivity index (χ0) is 18.6. The van der Waals surface area contributed by atoms with Gasteiger partial charge in [-0.2, -0.15) is 0 Å². The van der Waals surface area contributed by atoms with E-state index in [4.69, 9.17) is 9.84 Å². The van der Waals surface area contributed by atoms with Crippen LogP contribution < -0.4 is 4.74 Å². The largest absolute Gasteiger partial charge is 0.494 e. The van der Waals surface area contributed by atoms with E-state index in [0.29, 0.717) is 18.3 Å². The van der Waals surface area contributed by atoms with Crippen molar-refractivity contribution in [3.63, 3.8) is 0 Å². The molecule has 0 radical (unpaired) electrons. The molecular formula is C24H22O3. The number of carboxylic acid groups (broad SMARTS) is 1. The highest BCUT2D eigenvalue weighted by molar-refractivity contribution is 5.88. The first-order chi connectivity index (χ1) is 13.2. The fourth-order valence-corrected chi connectivity index (χ4v) is 3.93. The zero-order valence-electron chi connectivity index (χ0n) is 15.1. The van der Waals surface area contributed by atoms with Gasteiger partial charge in [-0.05, 0) is 59.7 Å². The smallest absolute Gasteiger partial charge is 0.335 e. The molecule has 0 heterocycles. The second-order valence-corrected chi connectivity index (χ2v) is 6.90. The van der Waals surface area contributed by atoms with Crippen LogP contribution in [0, 0.1) is 0 Å². The van der Waals surface area contributed by atoms with Crippen LogP contribution in [0.5, 0.6) is 5.75 Å². The molecule has 0 fully saturated rings. The molecule has 1 aliphatic rings. The van der Waals surface area contributed by atoms with Gasteiger partial charge in [-0.3, -0.25) is 0 Å². The van der Waals surface area contributed by atoms with Gasteiger partial charge < -0.3 is 9.84 Å². The van der Waals surface area contributed by atoms with Gasteiger partial charge in [-0.1, -0.05) is 54.6 Å². The van der Waals surface area contributed by atoms with Crippen LogP contribution in [-0.2, 0) is 0 Å². The molecule has 136 valence electrons.